The fourth-order valence-electron chi connectivity index (χ4n) is 1.80. The summed E-state index contributed by atoms with van der Waals surface area (Å²) in [6.07, 6.45) is 1.02. The molecule has 6 heteroatoms. The first-order chi connectivity index (χ1) is 8.59. The second-order valence-corrected chi connectivity index (χ2v) is 6.50. The monoisotopic (exact) mass is 285 g/mol. The minimum absolute atomic E-state index is 0.0764. The zero-order valence-electron chi connectivity index (χ0n) is 10.0. The van der Waals surface area contributed by atoms with Crippen LogP contribution < -0.4 is 5.32 Å². The molecule has 2 rings (SSSR count). The van der Waals surface area contributed by atoms with Crippen LogP contribution in [0.4, 0.5) is 0 Å². The number of carbonyl (C=O) groups is 2. The predicted octanol–water partition coefficient (Wildman–Crippen LogP) is 1.92. The smallest absolute Gasteiger partial charge is 0.308 e. The summed E-state index contributed by atoms with van der Waals surface area (Å²) in [6.45, 7) is 1.78. The zero-order chi connectivity index (χ0) is 13.1. The standard InChI is InChI=1S/C12H15NO3S2/c1-7(12(15)16)6-13-11(14)10-8-2-4-17-9(8)3-5-18-10/h2,4,7,10H,3,5-6H2,1H3,(H,13,14)(H,15,16). The summed E-state index contributed by atoms with van der Waals surface area (Å²) in [6, 6.07) is 2.00. The maximum atomic E-state index is 12.1. The minimum Gasteiger partial charge on any atom is -0.481 e. The van der Waals surface area contributed by atoms with Crippen molar-refractivity contribution >= 4 is 35.0 Å². The van der Waals surface area contributed by atoms with Crippen molar-refractivity contribution in [3.8, 4) is 0 Å². The van der Waals surface area contributed by atoms with Crippen molar-refractivity contribution in [2.75, 3.05) is 12.3 Å². The second kappa shape index (κ2) is 5.75. The molecule has 1 aliphatic heterocycles. The summed E-state index contributed by atoms with van der Waals surface area (Å²) < 4.78 is 0. The largest absolute Gasteiger partial charge is 0.481 e. The van der Waals surface area contributed by atoms with Crippen molar-refractivity contribution in [1.82, 2.24) is 5.32 Å². The second-order valence-electron chi connectivity index (χ2n) is 4.28. The van der Waals surface area contributed by atoms with Crippen molar-refractivity contribution < 1.29 is 14.7 Å². The maximum absolute atomic E-state index is 12.1. The Morgan fingerprint density at radius 2 is 2.39 bits per heavy atom. The molecule has 98 valence electrons. The van der Waals surface area contributed by atoms with Crippen molar-refractivity contribution in [3.63, 3.8) is 0 Å². The van der Waals surface area contributed by atoms with E-state index < -0.39 is 11.9 Å². The van der Waals surface area contributed by atoms with Crippen LogP contribution in [0.15, 0.2) is 11.4 Å². The van der Waals surface area contributed by atoms with Crippen LogP contribution in [0.3, 0.4) is 0 Å². The molecule has 1 amide bonds. The number of amides is 1. The molecule has 0 bridgehead atoms. The van der Waals surface area contributed by atoms with E-state index in [9.17, 15) is 9.59 Å². The first-order valence-corrected chi connectivity index (χ1v) is 7.71. The van der Waals surface area contributed by atoms with Crippen molar-refractivity contribution in [2.45, 2.75) is 18.6 Å². The molecule has 18 heavy (non-hydrogen) atoms. The summed E-state index contributed by atoms with van der Waals surface area (Å²) >= 11 is 3.31. The maximum Gasteiger partial charge on any atom is 0.308 e. The molecular weight excluding hydrogens is 270 g/mol. The van der Waals surface area contributed by atoms with E-state index in [1.54, 1.807) is 30.0 Å². The highest BCUT2D eigenvalue weighted by Gasteiger charge is 2.28. The molecule has 1 aromatic heterocycles. The molecule has 2 heterocycles. The molecule has 1 aromatic rings. The van der Waals surface area contributed by atoms with Crippen LogP contribution in [-0.2, 0) is 16.0 Å². The van der Waals surface area contributed by atoms with Crippen LogP contribution >= 0.6 is 23.1 Å². The zero-order valence-corrected chi connectivity index (χ0v) is 11.6. The van der Waals surface area contributed by atoms with E-state index in [4.69, 9.17) is 5.11 Å². The lowest BCUT2D eigenvalue weighted by Crippen LogP contribution is -2.35. The Bertz CT molecular complexity index is 458. The van der Waals surface area contributed by atoms with E-state index in [1.165, 1.54) is 4.88 Å². The summed E-state index contributed by atoms with van der Waals surface area (Å²) in [5.74, 6) is -0.570. The lowest BCUT2D eigenvalue weighted by molar-refractivity contribution is -0.141. The number of carboxylic acid groups (broad SMARTS) is 1. The summed E-state index contributed by atoms with van der Waals surface area (Å²) in [4.78, 5) is 24.0. The summed E-state index contributed by atoms with van der Waals surface area (Å²) in [5, 5.41) is 13.3. The molecule has 0 saturated carbocycles. The third kappa shape index (κ3) is 2.87. The number of nitrogens with one attached hydrogen (secondary N) is 1. The number of aryl methyl sites for hydroxylation is 1. The molecule has 2 N–H and O–H groups in total. The Morgan fingerprint density at radius 3 is 3.11 bits per heavy atom. The van der Waals surface area contributed by atoms with Gasteiger partial charge in [-0.25, -0.2) is 0 Å². The number of fused-ring (bicyclic) bond motifs is 1. The van der Waals surface area contributed by atoms with Gasteiger partial charge in [0.1, 0.15) is 5.25 Å². The summed E-state index contributed by atoms with van der Waals surface area (Å²) in [7, 11) is 0. The number of carboxylic acids is 1. The van der Waals surface area contributed by atoms with Gasteiger partial charge in [-0.15, -0.1) is 23.1 Å². The van der Waals surface area contributed by atoms with Gasteiger partial charge < -0.3 is 10.4 Å². The number of rotatable bonds is 4. The number of hydrogen-bond donors (Lipinski definition) is 2. The Labute approximate surface area is 114 Å². The fourth-order valence-corrected chi connectivity index (χ4v) is 4.11. The van der Waals surface area contributed by atoms with Gasteiger partial charge in [0.15, 0.2) is 0 Å². The third-order valence-corrected chi connectivity index (χ3v) is 5.16. The Balaban J connectivity index is 1.97. The summed E-state index contributed by atoms with van der Waals surface area (Å²) in [5.41, 5.74) is 1.09. The van der Waals surface area contributed by atoms with Gasteiger partial charge in [0.05, 0.1) is 5.92 Å². The number of carbonyl (C=O) groups excluding carboxylic acids is 1. The lowest BCUT2D eigenvalue weighted by atomic mass is 10.1. The fraction of sp³-hybridized carbons (Fsp3) is 0.500. The van der Waals surface area contributed by atoms with Crippen LogP contribution in [0.2, 0.25) is 0 Å². The Hall–Kier alpha value is -1.01. The Kier molecular flexibility index (Phi) is 4.29. The van der Waals surface area contributed by atoms with Gasteiger partial charge in [-0.05, 0) is 29.2 Å². The van der Waals surface area contributed by atoms with Gasteiger partial charge in [-0.3, -0.25) is 9.59 Å². The van der Waals surface area contributed by atoms with Crippen molar-refractivity contribution in [2.24, 2.45) is 5.92 Å². The molecular formula is C12H15NO3S2. The number of aliphatic carboxylic acids is 1. The average molecular weight is 285 g/mol. The Morgan fingerprint density at radius 1 is 1.61 bits per heavy atom. The number of thioether (sulfide) groups is 1. The molecule has 0 fully saturated rings. The van der Waals surface area contributed by atoms with E-state index in [0.717, 1.165) is 17.7 Å². The van der Waals surface area contributed by atoms with E-state index in [1.807, 2.05) is 11.4 Å². The van der Waals surface area contributed by atoms with E-state index in [-0.39, 0.29) is 17.7 Å². The highest BCUT2D eigenvalue weighted by atomic mass is 32.2. The molecule has 2 unspecified atom stereocenters. The van der Waals surface area contributed by atoms with Gasteiger partial charge in [-0.2, -0.15) is 0 Å². The van der Waals surface area contributed by atoms with E-state index >= 15 is 0 Å². The topological polar surface area (TPSA) is 66.4 Å². The van der Waals surface area contributed by atoms with E-state index in [0.29, 0.717) is 0 Å². The highest BCUT2D eigenvalue weighted by Crippen LogP contribution is 2.39. The van der Waals surface area contributed by atoms with Gasteiger partial charge in [-0.1, -0.05) is 6.92 Å². The van der Waals surface area contributed by atoms with Crippen LogP contribution in [0, 0.1) is 5.92 Å². The lowest BCUT2D eigenvalue weighted by Gasteiger charge is -2.21. The van der Waals surface area contributed by atoms with Gasteiger partial charge in [0.25, 0.3) is 0 Å². The van der Waals surface area contributed by atoms with Crippen LogP contribution in [0.1, 0.15) is 22.6 Å². The molecule has 0 radical (unpaired) electrons. The molecule has 0 spiro atoms. The van der Waals surface area contributed by atoms with E-state index in [2.05, 4.69) is 5.32 Å². The number of thiophene rings is 1. The quantitative estimate of drug-likeness (QED) is 0.887. The van der Waals surface area contributed by atoms with Gasteiger partial charge in [0, 0.05) is 11.4 Å². The third-order valence-electron chi connectivity index (χ3n) is 2.92. The average Bonchev–Trinajstić information content (AvgIpc) is 2.83. The van der Waals surface area contributed by atoms with Crippen LogP contribution in [-0.4, -0.2) is 29.3 Å². The molecule has 0 aromatic carbocycles. The molecule has 2 atom stereocenters. The normalized spacial score (nSPS) is 19.9. The SMILES string of the molecule is CC(CNC(=O)C1SCCc2sccc21)C(=O)O. The minimum atomic E-state index is -0.886. The van der Waals surface area contributed by atoms with Crippen molar-refractivity contribution in [3.05, 3.63) is 21.9 Å². The predicted molar refractivity (Wildman–Crippen MR) is 73.0 cm³/mol. The number of hydrogen-bond acceptors (Lipinski definition) is 4. The first-order valence-electron chi connectivity index (χ1n) is 5.78. The molecule has 0 saturated heterocycles. The van der Waals surface area contributed by atoms with Crippen LogP contribution in [0.5, 0.6) is 0 Å². The highest BCUT2D eigenvalue weighted by molar-refractivity contribution is 8.00. The van der Waals surface area contributed by atoms with Crippen LogP contribution in [0.25, 0.3) is 0 Å². The molecule has 4 nitrogen and oxygen atoms in total. The first kappa shape index (κ1) is 13.4. The van der Waals surface area contributed by atoms with Gasteiger partial charge in [0.2, 0.25) is 5.91 Å². The van der Waals surface area contributed by atoms with Gasteiger partial charge >= 0.3 is 5.97 Å². The molecule has 1 aliphatic rings. The van der Waals surface area contributed by atoms with Crippen molar-refractivity contribution in [1.29, 1.82) is 0 Å². The molecule has 0 aliphatic carbocycles.